The first-order valence-corrected chi connectivity index (χ1v) is 14.6. The maximum absolute atomic E-state index is 13.0. The molecule has 0 saturated carbocycles. The van der Waals surface area contributed by atoms with E-state index >= 15 is 0 Å². The highest BCUT2D eigenvalue weighted by atomic mass is 32.2. The van der Waals surface area contributed by atoms with Crippen LogP contribution in [0, 0.1) is 0 Å². The fraction of sp³-hybridized carbons (Fsp3) is 0.267. The van der Waals surface area contributed by atoms with Crippen molar-refractivity contribution in [2.75, 3.05) is 32.1 Å². The van der Waals surface area contributed by atoms with E-state index in [1.807, 2.05) is 42.7 Å². The van der Waals surface area contributed by atoms with Gasteiger partial charge in [-0.3, -0.25) is 0 Å². The molecule has 9 heteroatoms. The number of rotatable bonds is 5. The fourth-order valence-electron chi connectivity index (χ4n) is 5.61. The van der Waals surface area contributed by atoms with Crippen molar-refractivity contribution in [1.82, 2.24) is 24.2 Å². The molecule has 0 amide bonds. The van der Waals surface area contributed by atoms with Gasteiger partial charge in [-0.05, 0) is 48.6 Å². The monoisotopic (exact) mass is 540 g/mol. The second-order valence-corrected chi connectivity index (χ2v) is 12.5. The minimum atomic E-state index is -3.59. The first-order valence-electron chi connectivity index (χ1n) is 13.1. The van der Waals surface area contributed by atoms with Gasteiger partial charge in [-0.15, -0.1) is 0 Å². The van der Waals surface area contributed by atoms with E-state index in [-0.39, 0.29) is 4.90 Å². The highest BCUT2D eigenvalue weighted by Crippen LogP contribution is 2.35. The van der Waals surface area contributed by atoms with Gasteiger partial charge in [-0.2, -0.15) is 5.10 Å². The van der Waals surface area contributed by atoms with E-state index in [9.17, 15) is 8.42 Å². The maximum atomic E-state index is 13.0. The van der Waals surface area contributed by atoms with Gasteiger partial charge in [-0.1, -0.05) is 42.5 Å². The average molecular weight is 541 g/mol. The molecule has 0 radical (unpaired) electrons. The molecule has 1 N–H and O–H groups in total. The molecular weight excluding hydrogens is 508 g/mol. The highest BCUT2D eigenvalue weighted by molar-refractivity contribution is 7.89. The Hall–Kier alpha value is -3.79. The number of hydrogen-bond donors (Lipinski definition) is 1. The number of hydrogen-bond acceptors (Lipinski definition) is 6. The number of sulfonamides is 1. The molecule has 6 rings (SSSR count). The standard InChI is InChI=1S/C30H32N6O2S/c1-20-15-31-16-21(2)36(20)24-11-9-22(10-12-24)23-17-32-30-28(18-33-35(30)19-23)26-13-14-29(39(37,38)34(3)4)27-8-6-5-7-25(26)27/h5-14,17-21,31H,15-16H2,1-4H3/t20-,21+. The molecule has 1 aliphatic heterocycles. The molecule has 5 aromatic rings. The summed E-state index contributed by atoms with van der Waals surface area (Å²) in [7, 11) is -0.501. The summed E-state index contributed by atoms with van der Waals surface area (Å²) < 4.78 is 29.0. The zero-order valence-electron chi connectivity index (χ0n) is 22.5. The minimum absolute atomic E-state index is 0.284. The van der Waals surface area contributed by atoms with Crippen LogP contribution in [0.1, 0.15) is 13.8 Å². The molecule has 3 heterocycles. The number of anilines is 1. The molecule has 2 aromatic heterocycles. The van der Waals surface area contributed by atoms with E-state index < -0.39 is 10.0 Å². The summed E-state index contributed by atoms with van der Waals surface area (Å²) in [6.45, 7) is 6.47. The number of fused-ring (bicyclic) bond motifs is 2. The summed E-state index contributed by atoms with van der Waals surface area (Å²) in [6.07, 6.45) is 5.66. The smallest absolute Gasteiger partial charge is 0.243 e. The molecule has 3 aromatic carbocycles. The second kappa shape index (κ2) is 9.75. The maximum Gasteiger partial charge on any atom is 0.243 e. The van der Waals surface area contributed by atoms with E-state index in [2.05, 4.69) is 53.4 Å². The van der Waals surface area contributed by atoms with Crippen LogP contribution >= 0.6 is 0 Å². The Morgan fingerprint density at radius 3 is 2.23 bits per heavy atom. The van der Waals surface area contributed by atoms with E-state index in [0.29, 0.717) is 23.1 Å². The van der Waals surface area contributed by atoms with Crippen LogP contribution in [0.25, 0.3) is 38.7 Å². The van der Waals surface area contributed by atoms with E-state index in [1.165, 1.54) is 9.99 Å². The van der Waals surface area contributed by atoms with E-state index in [4.69, 9.17) is 4.98 Å². The van der Waals surface area contributed by atoms with Gasteiger partial charge in [0.15, 0.2) is 5.65 Å². The quantitative estimate of drug-likeness (QED) is 0.349. The third-order valence-electron chi connectivity index (χ3n) is 7.62. The Morgan fingerprint density at radius 2 is 1.54 bits per heavy atom. The lowest BCUT2D eigenvalue weighted by Gasteiger charge is -2.41. The normalized spacial score (nSPS) is 18.3. The lowest BCUT2D eigenvalue weighted by molar-refractivity contribution is 0.432. The van der Waals surface area contributed by atoms with Crippen molar-refractivity contribution in [3.63, 3.8) is 0 Å². The Morgan fingerprint density at radius 1 is 0.846 bits per heavy atom. The number of nitrogens with zero attached hydrogens (tertiary/aromatic N) is 5. The van der Waals surface area contributed by atoms with Gasteiger partial charge in [0.05, 0.1) is 11.1 Å². The third kappa shape index (κ3) is 4.36. The number of aromatic nitrogens is 3. The molecule has 39 heavy (non-hydrogen) atoms. The van der Waals surface area contributed by atoms with Crippen LogP contribution in [0.2, 0.25) is 0 Å². The lowest BCUT2D eigenvalue weighted by Crippen LogP contribution is -2.55. The van der Waals surface area contributed by atoms with Crippen molar-refractivity contribution in [1.29, 1.82) is 0 Å². The molecular formula is C30H32N6O2S. The Labute approximate surface area is 228 Å². The number of piperazine rings is 1. The van der Waals surface area contributed by atoms with Crippen LogP contribution in [0.4, 0.5) is 5.69 Å². The van der Waals surface area contributed by atoms with Gasteiger partial charge in [-0.25, -0.2) is 22.2 Å². The summed E-state index contributed by atoms with van der Waals surface area (Å²) in [4.78, 5) is 7.55. The Kier molecular flexibility index (Phi) is 6.37. The fourth-order valence-corrected chi connectivity index (χ4v) is 6.70. The van der Waals surface area contributed by atoms with Gasteiger partial charge in [0.2, 0.25) is 10.0 Å². The molecule has 0 spiro atoms. The lowest BCUT2D eigenvalue weighted by atomic mass is 10.00. The largest absolute Gasteiger partial charge is 0.364 e. The van der Waals surface area contributed by atoms with Crippen molar-refractivity contribution in [3.8, 4) is 22.3 Å². The summed E-state index contributed by atoms with van der Waals surface area (Å²) in [6, 6.07) is 20.6. The Bertz CT molecular complexity index is 1770. The molecule has 0 unspecified atom stereocenters. The zero-order chi connectivity index (χ0) is 27.3. The first kappa shape index (κ1) is 25.5. The third-order valence-corrected chi connectivity index (χ3v) is 9.49. The average Bonchev–Trinajstić information content (AvgIpc) is 3.35. The second-order valence-electron chi connectivity index (χ2n) is 10.4. The summed E-state index contributed by atoms with van der Waals surface area (Å²) >= 11 is 0. The summed E-state index contributed by atoms with van der Waals surface area (Å²) in [5.41, 5.74) is 5.73. The van der Waals surface area contributed by atoms with Crippen molar-refractivity contribution >= 4 is 32.1 Å². The molecule has 0 bridgehead atoms. The van der Waals surface area contributed by atoms with Gasteiger partial charge in [0, 0.05) is 73.9 Å². The van der Waals surface area contributed by atoms with Crippen LogP contribution in [0.15, 0.2) is 84.1 Å². The molecule has 1 fully saturated rings. The molecule has 8 nitrogen and oxygen atoms in total. The van der Waals surface area contributed by atoms with Gasteiger partial charge in [0.25, 0.3) is 0 Å². The van der Waals surface area contributed by atoms with Gasteiger partial charge >= 0.3 is 0 Å². The zero-order valence-corrected chi connectivity index (χ0v) is 23.4. The summed E-state index contributed by atoms with van der Waals surface area (Å²) in [5.74, 6) is 0. The first-order chi connectivity index (χ1) is 18.8. The predicted octanol–water partition coefficient (Wildman–Crippen LogP) is 4.65. The van der Waals surface area contributed by atoms with Crippen molar-refractivity contribution in [2.45, 2.75) is 30.8 Å². The molecule has 2 atom stereocenters. The summed E-state index contributed by atoms with van der Waals surface area (Å²) in [5, 5.41) is 9.61. The van der Waals surface area contributed by atoms with Crippen molar-refractivity contribution in [2.24, 2.45) is 0 Å². The highest BCUT2D eigenvalue weighted by Gasteiger charge is 2.25. The number of benzene rings is 3. The van der Waals surface area contributed by atoms with Crippen molar-refractivity contribution < 1.29 is 8.42 Å². The minimum Gasteiger partial charge on any atom is -0.364 e. The van der Waals surface area contributed by atoms with Crippen LogP contribution in [0.3, 0.4) is 0 Å². The Balaban J connectivity index is 1.37. The van der Waals surface area contributed by atoms with Gasteiger partial charge < -0.3 is 10.2 Å². The number of nitrogens with one attached hydrogen (secondary N) is 1. The predicted molar refractivity (Wildman–Crippen MR) is 157 cm³/mol. The van der Waals surface area contributed by atoms with E-state index in [1.54, 1.807) is 30.9 Å². The molecule has 200 valence electrons. The van der Waals surface area contributed by atoms with Crippen LogP contribution in [-0.2, 0) is 10.0 Å². The van der Waals surface area contributed by atoms with Gasteiger partial charge in [0.1, 0.15) is 0 Å². The SMILES string of the molecule is C[C@@H]1CNC[C@H](C)N1c1ccc(-c2cnc3c(-c4ccc(S(=O)(=O)N(C)C)c5ccccc45)cnn3c2)cc1. The van der Waals surface area contributed by atoms with Crippen LogP contribution < -0.4 is 10.2 Å². The topological polar surface area (TPSA) is 82.8 Å². The van der Waals surface area contributed by atoms with Crippen LogP contribution in [-0.4, -0.2) is 66.6 Å². The molecule has 1 saturated heterocycles. The molecule has 0 aliphatic carbocycles. The molecule has 1 aliphatic rings. The van der Waals surface area contributed by atoms with Crippen molar-refractivity contribution in [3.05, 3.63) is 79.3 Å². The van der Waals surface area contributed by atoms with Crippen LogP contribution in [0.5, 0.6) is 0 Å². The van der Waals surface area contributed by atoms with E-state index in [0.717, 1.165) is 40.7 Å².